The van der Waals surface area contributed by atoms with E-state index in [0.717, 1.165) is 36.1 Å². The minimum Gasteiger partial charge on any atom is -0.461 e. The lowest BCUT2D eigenvalue weighted by atomic mass is 9.89. The number of carbonyl (C=O) groups is 2. The average Bonchev–Trinajstić information content (AvgIpc) is 3.07. The van der Waals surface area contributed by atoms with Crippen LogP contribution in [0, 0.1) is 11.8 Å². The summed E-state index contributed by atoms with van der Waals surface area (Å²) in [4.78, 5) is 47.1. The largest absolute Gasteiger partial charge is 0.461 e. The van der Waals surface area contributed by atoms with Gasteiger partial charge in [-0.1, -0.05) is 27.2 Å². The molecule has 0 spiro atoms. The number of rotatable bonds is 8. The molecular weight excluding hydrogens is 414 g/mol. The summed E-state index contributed by atoms with van der Waals surface area (Å²) < 4.78 is 5.30. The molecule has 1 amide bonds. The van der Waals surface area contributed by atoms with E-state index in [0.29, 0.717) is 23.5 Å². The fraction of sp³-hybridized carbons (Fsp3) is 0.652. The van der Waals surface area contributed by atoms with Gasteiger partial charge in [-0.3, -0.25) is 9.59 Å². The first kappa shape index (κ1) is 23.4. The first-order valence-electron chi connectivity index (χ1n) is 11.2. The Morgan fingerprint density at radius 1 is 1.32 bits per heavy atom. The normalized spacial score (nSPS) is 17.9. The second kappa shape index (κ2) is 9.94. The fourth-order valence-electron chi connectivity index (χ4n) is 3.96. The van der Waals surface area contributed by atoms with Crippen molar-refractivity contribution in [2.24, 2.45) is 11.8 Å². The molecule has 1 aliphatic rings. The number of H-pyrrole nitrogens is 1. The number of fused-ring (bicyclic) bond motifs is 3. The highest BCUT2D eigenvalue weighted by atomic mass is 32.1. The summed E-state index contributed by atoms with van der Waals surface area (Å²) >= 11 is 1.60. The lowest BCUT2D eigenvalue weighted by molar-refractivity contribution is -0.153. The molecule has 8 heteroatoms. The first-order chi connectivity index (χ1) is 14.7. The Labute approximate surface area is 187 Å². The van der Waals surface area contributed by atoms with E-state index < -0.39 is 12.0 Å². The van der Waals surface area contributed by atoms with Crippen LogP contribution in [-0.4, -0.2) is 34.0 Å². The summed E-state index contributed by atoms with van der Waals surface area (Å²) in [6.45, 7) is 9.69. The molecule has 2 N–H and O–H groups in total. The molecule has 170 valence electrons. The second-order valence-electron chi connectivity index (χ2n) is 8.96. The van der Waals surface area contributed by atoms with E-state index in [1.165, 1.54) is 4.88 Å². The second-order valence-corrected chi connectivity index (χ2v) is 10.0. The maximum atomic E-state index is 12.7. The van der Waals surface area contributed by atoms with Crippen LogP contribution in [-0.2, 0) is 33.6 Å². The van der Waals surface area contributed by atoms with Crippen molar-refractivity contribution in [1.29, 1.82) is 0 Å². The van der Waals surface area contributed by atoms with Gasteiger partial charge in [-0.25, -0.2) is 9.78 Å². The molecular formula is C23H33N3O4S. The van der Waals surface area contributed by atoms with Crippen LogP contribution in [0.2, 0.25) is 0 Å². The molecule has 0 aromatic carbocycles. The molecule has 31 heavy (non-hydrogen) atoms. The van der Waals surface area contributed by atoms with E-state index in [-0.39, 0.29) is 29.9 Å². The van der Waals surface area contributed by atoms with Crippen LogP contribution >= 0.6 is 11.3 Å². The molecule has 0 fully saturated rings. The summed E-state index contributed by atoms with van der Waals surface area (Å²) in [5, 5.41) is 3.52. The number of aryl methyl sites for hydroxylation is 2. The van der Waals surface area contributed by atoms with Crippen molar-refractivity contribution in [3.8, 4) is 0 Å². The van der Waals surface area contributed by atoms with Crippen LogP contribution < -0.4 is 10.9 Å². The standard InChI is InChI=1S/C23H33N3O4S/c1-6-14(5)20(23(29)30-12(2)3)26-18(27)10-9-17-24-21(28)19-15-8-7-13(4)11-16(15)31-22(19)25-17/h12-14,20H,6-11H2,1-5H3,(H,26,27)(H,24,25,28)/t13?,14-,20-/m0/s1. The fourth-order valence-corrected chi connectivity index (χ4v) is 5.37. The minimum absolute atomic E-state index is 0.0377. The molecule has 7 nitrogen and oxygen atoms in total. The maximum absolute atomic E-state index is 12.7. The summed E-state index contributed by atoms with van der Waals surface area (Å²) in [5.74, 6) is 0.425. The molecule has 3 atom stereocenters. The smallest absolute Gasteiger partial charge is 0.329 e. The molecule has 3 rings (SSSR count). The number of nitrogens with one attached hydrogen (secondary N) is 2. The predicted molar refractivity (Wildman–Crippen MR) is 122 cm³/mol. The lowest BCUT2D eigenvalue weighted by Gasteiger charge is -2.23. The predicted octanol–water partition coefficient (Wildman–Crippen LogP) is 3.52. The number of thiophene rings is 1. The minimum atomic E-state index is -0.680. The number of hydrogen-bond donors (Lipinski definition) is 2. The van der Waals surface area contributed by atoms with Crippen molar-refractivity contribution < 1.29 is 14.3 Å². The number of esters is 1. The van der Waals surface area contributed by atoms with Gasteiger partial charge in [0.25, 0.3) is 5.56 Å². The van der Waals surface area contributed by atoms with Crippen molar-refractivity contribution in [2.45, 2.75) is 85.3 Å². The molecule has 1 unspecified atom stereocenters. The monoisotopic (exact) mass is 447 g/mol. The third-order valence-corrected chi connectivity index (χ3v) is 7.09. The van der Waals surface area contributed by atoms with Gasteiger partial charge in [0.05, 0.1) is 11.5 Å². The number of aromatic nitrogens is 2. The Morgan fingerprint density at radius 2 is 2.06 bits per heavy atom. The number of ether oxygens (including phenoxy) is 1. The Morgan fingerprint density at radius 3 is 2.74 bits per heavy atom. The van der Waals surface area contributed by atoms with E-state index in [9.17, 15) is 14.4 Å². The SMILES string of the molecule is CC[C@H](C)[C@H](NC(=O)CCc1nc2sc3c(c2c(=O)[nH]1)CCC(C)C3)C(=O)OC(C)C. The van der Waals surface area contributed by atoms with Gasteiger partial charge in [0.1, 0.15) is 16.7 Å². The van der Waals surface area contributed by atoms with E-state index in [1.54, 1.807) is 25.2 Å². The van der Waals surface area contributed by atoms with Crippen molar-refractivity contribution >= 4 is 33.4 Å². The van der Waals surface area contributed by atoms with Gasteiger partial charge in [0.2, 0.25) is 5.91 Å². The topological polar surface area (TPSA) is 101 Å². The molecule has 2 heterocycles. The van der Waals surface area contributed by atoms with Crippen LogP contribution in [0.1, 0.15) is 70.1 Å². The molecule has 0 saturated heterocycles. The van der Waals surface area contributed by atoms with E-state index in [4.69, 9.17) is 4.74 Å². The van der Waals surface area contributed by atoms with Gasteiger partial charge in [-0.05, 0) is 50.5 Å². The van der Waals surface area contributed by atoms with Crippen LogP contribution in [0.5, 0.6) is 0 Å². The van der Waals surface area contributed by atoms with Gasteiger partial charge >= 0.3 is 5.97 Å². The third kappa shape index (κ3) is 5.53. The number of hydrogen-bond acceptors (Lipinski definition) is 6. The van der Waals surface area contributed by atoms with Gasteiger partial charge in [0, 0.05) is 17.7 Å². The number of nitrogens with zero attached hydrogens (tertiary/aromatic N) is 1. The number of aromatic amines is 1. The highest BCUT2D eigenvalue weighted by molar-refractivity contribution is 7.18. The molecule has 0 aliphatic heterocycles. The van der Waals surface area contributed by atoms with Gasteiger partial charge < -0.3 is 15.0 Å². The zero-order valence-electron chi connectivity index (χ0n) is 19.0. The van der Waals surface area contributed by atoms with E-state index in [1.807, 2.05) is 13.8 Å². The lowest BCUT2D eigenvalue weighted by Crippen LogP contribution is -2.46. The van der Waals surface area contributed by atoms with Crippen LogP contribution in [0.25, 0.3) is 10.2 Å². The Bertz CT molecular complexity index is 1010. The van der Waals surface area contributed by atoms with E-state index >= 15 is 0 Å². The number of carbonyl (C=O) groups excluding carboxylic acids is 2. The van der Waals surface area contributed by atoms with Crippen molar-refractivity contribution in [3.63, 3.8) is 0 Å². The highest BCUT2D eigenvalue weighted by Gasteiger charge is 2.28. The zero-order valence-corrected chi connectivity index (χ0v) is 19.9. The van der Waals surface area contributed by atoms with Crippen molar-refractivity contribution in [1.82, 2.24) is 15.3 Å². The molecule has 2 aromatic rings. The van der Waals surface area contributed by atoms with Gasteiger partial charge in [-0.2, -0.15) is 0 Å². The van der Waals surface area contributed by atoms with Crippen molar-refractivity contribution in [2.75, 3.05) is 0 Å². The summed E-state index contributed by atoms with van der Waals surface area (Å²) in [6.07, 6.45) is 3.96. The van der Waals surface area contributed by atoms with Crippen LogP contribution in [0.15, 0.2) is 4.79 Å². The maximum Gasteiger partial charge on any atom is 0.329 e. The molecule has 1 aliphatic carbocycles. The van der Waals surface area contributed by atoms with Crippen LogP contribution in [0.3, 0.4) is 0 Å². The van der Waals surface area contributed by atoms with Gasteiger partial charge in [0.15, 0.2) is 0 Å². The third-order valence-electron chi connectivity index (χ3n) is 5.94. The zero-order chi connectivity index (χ0) is 22.7. The summed E-state index contributed by atoms with van der Waals surface area (Å²) in [5.41, 5.74) is 1.03. The Kier molecular flexibility index (Phi) is 7.51. The first-order valence-corrected chi connectivity index (χ1v) is 12.0. The van der Waals surface area contributed by atoms with Crippen LogP contribution in [0.4, 0.5) is 0 Å². The summed E-state index contributed by atoms with van der Waals surface area (Å²) in [6, 6.07) is -0.680. The average molecular weight is 448 g/mol. The molecule has 0 radical (unpaired) electrons. The Balaban J connectivity index is 1.69. The number of amides is 1. The summed E-state index contributed by atoms with van der Waals surface area (Å²) in [7, 11) is 0. The Hall–Kier alpha value is -2.22. The van der Waals surface area contributed by atoms with E-state index in [2.05, 4.69) is 22.2 Å². The highest BCUT2D eigenvalue weighted by Crippen LogP contribution is 2.35. The van der Waals surface area contributed by atoms with Gasteiger partial charge in [-0.15, -0.1) is 11.3 Å². The molecule has 0 saturated carbocycles. The molecule has 0 bridgehead atoms. The molecule has 2 aromatic heterocycles. The quantitative estimate of drug-likeness (QED) is 0.603. The van der Waals surface area contributed by atoms with Crippen molar-refractivity contribution in [3.05, 3.63) is 26.6 Å².